The molecule has 5 N–H and O–H groups in total. The number of phenolic OH excluding ortho intramolecular Hbond substituents is 1. The molecule has 1 aromatic carbocycles. The standard InChI is InChI=1S/C25H35N3O10/c1-5-37-22(33)12-9-17(25(35)38-6-2)27-24(34)23(15(3)29)28-21(32)14-26-20(31)11-8-16-7-10-18(30)19(13-16)36-4/h7-8,10-11,13,15,17,23,29-30H,5-6,9,12,14H2,1-4H3,(H,26,31)(H,27,34)(H,28,32)/b11-8+/t15-,17-,23+/m1/s1. The normalized spacial score (nSPS) is 13.1. The first-order valence-corrected chi connectivity index (χ1v) is 11.9. The van der Waals surface area contributed by atoms with E-state index in [2.05, 4.69) is 16.0 Å². The van der Waals surface area contributed by atoms with Crippen LogP contribution in [0.1, 0.15) is 39.2 Å². The number of rotatable bonds is 15. The summed E-state index contributed by atoms with van der Waals surface area (Å²) in [6, 6.07) is 1.78. The van der Waals surface area contributed by atoms with Crippen LogP contribution in [0.3, 0.4) is 0 Å². The van der Waals surface area contributed by atoms with E-state index in [0.29, 0.717) is 5.56 Å². The summed E-state index contributed by atoms with van der Waals surface area (Å²) in [5, 5.41) is 26.7. The number of aliphatic hydroxyl groups excluding tert-OH is 1. The smallest absolute Gasteiger partial charge is 0.328 e. The van der Waals surface area contributed by atoms with Gasteiger partial charge in [-0.1, -0.05) is 6.07 Å². The average molecular weight is 538 g/mol. The predicted octanol–water partition coefficient (Wildman–Crippen LogP) is -0.213. The van der Waals surface area contributed by atoms with Crippen molar-refractivity contribution in [3.8, 4) is 11.5 Å². The number of esters is 2. The maximum Gasteiger partial charge on any atom is 0.328 e. The second-order valence-corrected chi connectivity index (χ2v) is 7.93. The van der Waals surface area contributed by atoms with Crippen LogP contribution < -0.4 is 20.7 Å². The maximum atomic E-state index is 12.7. The molecule has 0 aromatic heterocycles. The molecule has 0 unspecified atom stereocenters. The molecule has 1 rings (SSSR count). The van der Waals surface area contributed by atoms with Crippen LogP contribution in [0.25, 0.3) is 6.08 Å². The van der Waals surface area contributed by atoms with E-state index >= 15 is 0 Å². The van der Waals surface area contributed by atoms with Gasteiger partial charge in [0.15, 0.2) is 11.5 Å². The lowest BCUT2D eigenvalue weighted by molar-refractivity contribution is -0.149. The number of amides is 3. The highest BCUT2D eigenvalue weighted by molar-refractivity contribution is 5.96. The van der Waals surface area contributed by atoms with E-state index in [4.69, 9.17) is 14.2 Å². The SMILES string of the molecule is CCOC(=O)CC[C@@H](NC(=O)[C@@H](NC(=O)CNC(=O)/C=C/c1ccc(O)c(OC)c1)[C@@H](C)O)C(=O)OCC. The Morgan fingerprint density at radius 2 is 1.74 bits per heavy atom. The Kier molecular flexibility index (Phi) is 13.9. The second kappa shape index (κ2) is 16.6. The van der Waals surface area contributed by atoms with E-state index < -0.39 is 54.4 Å². The summed E-state index contributed by atoms with van der Waals surface area (Å²) < 4.78 is 14.7. The van der Waals surface area contributed by atoms with Crippen molar-refractivity contribution in [2.45, 2.75) is 51.8 Å². The van der Waals surface area contributed by atoms with Gasteiger partial charge >= 0.3 is 11.9 Å². The van der Waals surface area contributed by atoms with Gasteiger partial charge in [0.1, 0.15) is 12.1 Å². The predicted molar refractivity (Wildman–Crippen MR) is 135 cm³/mol. The van der Waals surface area contributed by atoms with E-state index in [9.17, 15) is 34.2 Å². The van der Waals surface area contributed by atoms with Crippen molar-refractivity contribution in [1.82, 2.24) is 16.0 Å². The van der Waals surface area contributed by atoms with E-state index in [1.807, 2.05) is 0 Å². The first-order chi connectivity index (χ1) is 18.0. The van der Waals surface area contributed by atoms with Crippen molar-refractivity contribution in [3.63, 3.8) is 0 Å². The van der Waals surface area contributed by atoms with E-state index in [1.165, 1.54) is 32.2 Å². The van der Waals surface area contributed by atoms with Crippen LogP contribution in [0.5, 0.6) is 11.5 Å². The zero-order valence-electron chi connectivity index (χ0n) is 21.8. The first-order valence-electron chi connectivity index (χ1n) is 11.9. The number of carbonyl (C=O) groups excluding carboxylic acids is 5. The van der Waals surface area contributed by atoms with Gasteiger partial charge in [-0.2, -0.15) is 0 Å². The number of hydrogen-bond donors (Lipinski definition) is 5. The monoisotopic (exact) mass is 537 g/mol. The van der Waals surface area contributed by atoms with Crippen LogP contribution in [0.15, 0.2) is 24.3 Å². The van der Waals surface area contributed by atoms with Gasteiger partial charge in [0.05, 0.1) is 33.0 Å². The lowest BCUT2D eigenvalue weighted by Crippen LogP contribution is -2.57. The maximum absolute atomic E-state index is 12.7. The van der Waals surface area contributed by atoms with Crippen LogP contribution in [-0.4, -0.2) is 84.9 Å². The average Bonchev–Trinajstić information content (AvgIpc) is 2.87. The lowest BCUT2D eigenvalue weighted by atomic mass is 10.1. The van der Waals surface area contributed by atoms with Crippen molar-refractivity contribution < 1.29 is 48.4 Å². The fraction of sp³-hybridized carbons (Fsp3) is 0.480. The molecule has 0 aliphatic rings. The number of phenols is 1. The summed E-state index contributed by atoms with van der Waals surface area (Å²) in [7, 11) is 1.38. The van der Waals surface area contributed by atoms with Crippen LogP contribution in [-0.2, 0) is 33.4 Å². The van der Waals surface area contributed by atoms with E-state index in [-0.39, 0.29) is 37.6 Å². The molecule has 0 radical (unpaired) electrons. The van der Waals surface area contributed by atoms with E-state index in [0.717, 1.165) is 6.08 Å². The molecule has 0 heterocycles. The van der Waals surface area contributed by atoms with Gasteiger partial charge in [-0.3, -0.25) is 19.2 Å². The lowest BCUT2D eigenvalue weighted by Gasteiger charge is -2.24. The van der Waals surface area contributed by atoms with Crippen LogP contribution in [0.2, 0.25) is 0 Å². The van der Waals surface area contributed by atoms with Gasteiger partial charge in [0.25, 0.3) is 0 Å². The summed E-state index contributed by atoms with van der Waals surface area (Å²) in [4.78, 5) is 61.1. The number of nitrogens with one attached hydrogen (secondary N) is 3. The summed E-state index contributed by atoms with van der Waals surface area (Å²) >= 11 is 0. The molecule has 210 valence electrons. The Balaban J connectivity index is 2.72. The second-order valence-electron chi connectivity index (χ2n) is 7.93. The highest BCUT2D eigenvalue weighted by Crippen LogP contribution is 2.26. The van der Waals surface area contributed by atoms with Crippen LogP contribution in [0, 0.1) is 0 Å². The number of aromatic hydroxyl groups is 1. The number of ether oxygens (including phenoxy) is 3. The summed E-state index contributed by atoms with van der Waals surface area (Å²) in [6.07, 6.45) is 0.962. The van der Waals surface area contributed by atoms with Gasteiger partial charge in [-0.15, -0.1) is 0 Å². The molecule has 0 aliphatic carbocycles. The minimum atomic E-state index is -1.46. The van der Waals surface area contributed by atoms with Crippen molar-refractivity contribution >= 4 is 35.7 Å². The Labute approximate surface area is 220 Å². The third kappa shape index (κ3) is 11.3. The molecular formula is C25H35N3O10. The number of carbonyl (C=O) groups is 5. The minimum absolute atomic E-state index is 0.0373. The van der Waals surface area contributed by atoms with Gasteiger partial charge in [0, 0.05) is 12.5 Å². The quantitative estimate of drug-likeness (QED) is 0.148. The Hall–Kier alpha value is -4.13. The van der Waals surface area contributed by atoms with Crippen LogP contribution in [0.4, 0.5) is 0 Å². The minimum Gasteiger partial charge on any atom is -0.504 e. The molecular weight excluding hydrogens is 502 g/mol. The van der Waals surface area contributed by atoms with Gasteiger partial charge in [-0.05, 0) is 51.0 Å². The van der Waals surface area contributed by atoms with Gasteiger partial charge in [-0.25, -0.2) is 4.79 Å². The number of methoxy groups -OCH3 is 1. The summed E-state index contributed by atoms with van der Waals surface area (Å²) in [6.45, 7) is 4.15. The molecule has 0 spiro atoms. The van der Waals surface area contributed by atoms with Crippen molar-refractivity contribution in [3.05, 3.63) is 29.8 Å². The van der Waals surface area contributed by atoms with Gasteiger partial charge < -0.3 is 40.4 Å². The van der Waals surface area contributed by atoms with E-state index in [1.54, 1.807) is 19.9 Å². The third-order valence-electron chi connectivity index (χ3n) is 4.97. The highest BCUT2D eigenvalue weighted by Gasteiger charge is 2.30. The molecule has 3 atom stereocenters. The summed E-state index contributed by atoms with van der Waals surface area (Å²) in [5.74, 6) is -3.47. The van der Waals surface area contributed by atoms with Crippen LogP contribution >= 0.6 is 0 Å². The Morgan fingerprint density at radius 3 is 2.34 bits per heavy atom. The zero-order chi connectivity index (χ0) is 28.7. The first kappa shape index (κ1) is 31.9. The fourth-order valence-electron chi connectivity index (χ4n) is 3.07. The van der Waals surface area contributed by atoms with Crippen molar-refractivity contribution in [2.75, 3.05) is 26.9 Å². The third-order valence-corrected chi connectivity index (χ3v) is 4.97. The fourth-order valence-corrected chi connectivity index (χ4v) is 3.07. The van der Waals surface area contributed by atoms with Crippen molar-refractivity contribution in [1.29, 1.82) is 0 Å². The number of hydrogen-bond acceptors (Lipinski definition) is 10. The molecule has 0 fully saturated rings. The molecule has 0 bridgehead atoms. The highest BCUT2D eigenvalue weighted by atomic mass is 16.5. The topological polar surface area (TPSA) is 190 Å². The number of benzene rings is 1. The molecule has 0 saturated carbocycles. The largest absolute Gasteiger partial charge is 0.504 e. The Bertz CT molecular complexity index is 1010. The molecule has 0 aliphatic heterocycles. The van der Waals surface area contributed by atoms with Crippen molar-refractivity contribution in [2.24, 2.45) is 0 Å². The molecule has 1 aromatic rings. The molecule has 0 saturated heterocycles. The Morgan fingerprint density at radius 1 is 1.05 bits per heavy atom. The zero-order valence-corrected chi connectivity index (χ0v) is 21.8. The molecule has 13 nitrogen and oxygen atoms in total. The molecule has 38 heavy (non-hydrogen) atoms. The number of aliphatic hydroxyl groups is 1. The van der Waals surface area contributed by atoms with Gasteiger partial charge in [0.2, 0.25) is 17.7 Å². The molecule has 13 heteroatoms. The summed E-state index contributed by atoms with van der Waals surface area (Å²) in [5.41, 5.74) is 0.559. The molecule has 3 amide bonds.